The monoisotopic (exact) mass is 262 g/mol. The number of esters is 1. The van der Waals surface area contributed by atoms with Gasteiger partial charge in [0.2, 0.25) is 0 Å². The van der Waals surface area contributed by atoms with Crippen LogP contribution in [0.5, 0.6) is 0 Å². The molecule has 1 aliphatic carbocycles. The maximum Gasteiger partial charge on any atom is 0.302 e. The minimum absolute atomic E-state index is 0.289. The molecular formula is C16H22O3. The summed E-state index contributed by atoms with van der Waals surface area (Å²) in [5.41, 5.74) is 0.711. The SMILES string of the molecule is CC[C@@H](OC(C)=O)C(C)(C)[C@]1(O)Cc2ccccc21. The first-order chi connectivity index (χ1) is 8.83. The summed E-state index contributed by atoms with van der Waals surface area (Å²) in [5.74, 6) is -0.295. The first-order valence-electron chi connectivity index (χ1n) is 6.81. The number of hydrogen-bond donors (Lipinski definition) is 1. The van der Waals surface area contributed by atoms with E-state index in [2.05, 4.69) is 0 Å². The fourth-order valence-electron chi connectivity index (χ4n) is 3.12. The van der Waals surface area contributed by atoms with Crippen molar-refractivity contribution in [3.8, 4) is 0 Å². The molecule has 0 fully saturated rings. The van der Waals surface area contributed by atoms with Crippen LogP contribution in [0.15, 0.2) is 24.3 Å². The number of carbonyl (C=O) groups excluding carboxylic acids is 1. The Morgan fingerprint density at radius 3 is 2.63 bits per heavy atom. The van der Waals surface area contributed by atoms with Gasteiger partial charge in [-0.15, -0.1) is 0 Å². The Labute approximate surface area is 114 Å². The molecule has 1 aromatic rings. The summed E-state index contributed by atoms with van der Waals surface area (Å²) in [7, 11) is 0. The Balaban J connectivity index is 2.32. The van der Waals surface area contributed by atoms with Crippen molar-refractivity contribution in [2.24, 2.45) is 5.41 Å². The van der Waals surface area contributed by atoms with Gasteiger partial charge in [-0.2, -0.15) is 0 Å². The molecular weight excluding hydrogens is 240 g/mol. The van der Waals surface area contributed by atoms with E-state index in [1.54, 1.807) is 0 Å². The van der Waals surface area contributed by atoms with Crippen LogP contribution in [0.2, 0.25) is 0 Å². The van der Waals surface area contributed by atoms with Crippen LogP contribution in [0.25, 0.3) is 0 Å². The van der Waals surface area contributed by atoms with E-state index in [0.29, 0.717) is 12.8 Å². The Hall–Kier alpha value is -1.35. The van der Waals surface area contributed by atoms with Crippen molar-refractivity contribution >= 4 is 5.97 Å². The highest BCUT2D eigenvalue weighted by atomic mass is 16.5. The molecule has 3 nitrogen and oxygen atoms in total. The quantitative estimate of drug-likeness (QED) is 0.849. The molecule has 0 radical (unpaired) electrons. The lowest BCUT2D eigenvalue weighted by Crippen LogP contribution is -2.56. The number of rotatable bonds is 4. The minimum atomic E-state index is -0.917. The van der Waals surface area contributed by atoms with Gasteiger partial charge in [-0.25, -0.2) is 0 Å². The van der Waals surface area contributed by atoms with Crippen molar-refractivity contribution in [1.29, 1.82) is 0 Å². The second-order valence-corrected chi connectivity index (χ2v) is 5.92. The predicted molar refractivity (Wildman–Crippen MR) is 73.7 cm³/mol. The lowest BCUT2D eigenvalue weighted by molar-refractivity contribution is -0.179. The van der Waals surface area contributed by atoms with Gasteiger partial charge in [-0.3, -0.25) is 4.79 Å². The summed E-state index contributed by atoms with van der Waals surface area (Å²) in [5, 5.41) is 11.0. The van der Waals surface area contributed by atoms with Gasteiger partial charge in [0.05, 0.1) is 0 Å². The second kappa shape index (κ2) is 4.64. The molecule has 1 aromatic carbocycles. The van der Waals surface area contributed by atoms with Crippen LogP contribution < -0.4 is 0 Å². The first kappa shape index (κ1) is 14.1. The van der Waals surface area contributed by atoms with Crippen molar-refractivity contribution in [1.82, 2.24) is 0 Å². The van der Waals surface area contributed by atoms with Crippen molar-refractivity contribution in [3.05, 3.63) is 35.4 Å². The normalized spacial score (nSPS) is 23.2. The number of aliphatic hydroxyl groups is 1. The highest BCUT2D eigenvalue weighted by Crippen LogP contribution is 2.53. The average Bonchev–Trinajstić information content (AvgIpc) is 2.33. The maximum atomic E-state index is 11.2. The van der Waals surface area contributed by atoms with Crippen LogP contribution in [0.3, 0.4) is 0 Å². The molecule has 0 spiro atoms. The lowest BCUT2D eigenvalue weighted by atomic mass is 9.57. The molecule has 19 heavy (non-hydrogen) atoms. The zero-order chi connectivity index (χ0) is 14.3. The largest absolute Gasteiger partial charge is 0.462 e. The third kappa shape index (κ3) is 2.06. The molecule has 0 amide bonds. The van der Waals surface area contributed by atoms with Crippen LogP contribution in [0.4, 0.5) is 0 Å². The molecule has 0 saturated carbocycles. The summed E-state index contributed by atoms with van der Waals surface area (Å²) in [6.07, 6.45) is 1.02. The van der Waals surface area contributed by atoms with Gasteiger partial charge in [0.15, 0.2) is 0 Å². The molecule has 2 atom stereocenters. The molecule has 0 aliphatic heterocycles. The van der Waals surface area contributed by atoms with E-state index in [1.807, 2.05) is 45.0 Å². The van der Waals surface area contributed by atoms with Gasteiger partial charge in [0.25, 0.3) is 0 Å². The summed E-state index contributed by atoms with van der Waals surface area (Å²) in [6.45, 7) is 7.33. The van der Waals surface area contributed by atoms with Crippen molar-refractivity contribution in [2.75, 3.05) is 0 Å². The maximum absolute atomic E-state index is 11.2. The zero-order valence-electron chi connectivity index (χ0n) is 12.1. The second-order valence-electron chi connectivity index (χ2n) is 5.92. The van der Waals surface area contributed by atoms with Crippen LogP contribution in [0, 0.1) is 5.41 Å². The third-order valence-electron chi connectivity index (χ3n) is 4.46. The Morgan fingerprint density at radius 2 is 2.11 bits per heavy atom. The minimum Gasteiger partial charge on any atom is -0.462 e. The molecule has 0 heterocycles. The van der Waals surface area contributed by atoms with Crippen molar-refractivity contribution < 1.29 is 14.6 Å². The molecule has 104 valence electrons. The fourth-order valence-corrected chi connectivity index (χ4v) is 3.12. The van der Waals surface area contributed by atoms with E-state index in [-0.39, 0.29) is 12.1 Å². The fraction of sp³-hybridized carbons (Fsp3) is 0.562. The third-order valence-corrected chi connectivity index (χ3v) is 4.46. The van der Waals surface area contributed by atoms with Crippen LogP contribution in [0.1, 0.15) is 45.2 Å². The summed E-state index contributed by atoms with van der Waals surface area (Å²) < 4.78 is 5.40. The molecule has 0 bridgehead atoms. The molecule has 0 saturated heterocycles. The molecule has 3 heteroatoms. The van der Waals surface area contributed by atoms with E-state index in [4.69, 9.17) is 4.74 Å². The van der Waals surface area contributed by atoms with E-state index in [9.17, 15) is 9.90 Å². The summed E-state index contributed by atoms with van der Waals surface area (Å²) >= 11 is 0. The van der Waals surface area contributed by atoms with Crippen LogP contribution in [-0.2, 0) is 21.6 Å². The van der Waals surface area contributed by atoms with E-state index in [0.717, 1.165) is 5.56 Å². The van der Waals surface area contributed by atoms with Crippen LogP contribution in [-0.4, -0.2) is 17.2 Å². The Morgan fingerprint density at radius 1 is 1.47 bits per heavy atom. The van der Waals surface area contributed by atoms with Gasteiger partial charge >= 0.3 is 5.97 Å². The van der Waals surface area contributed by atoms with E-state index in [1.165, 1.54) is 12.5 Å². The highest BCUT2D eigenvalue weighted by Gasteiger charge is 2.55. The van der Waals surface area contributed by atoms with Gasteiger partial charge in [0, 0.05) is 18.8 Å². The van der Waals surface area contributed by atoms with Gasteiger partial charge in [0.1, 0.15) is 11.7 Å². The first-order valence-corrected chi connectivity index (χ1v) is 6.81. The lowest BCUT2D eigenvalue weighted by Gasteiger charge is -2.52. The average molecular weight is 262 g/mol. The number of fused-ring (bicyclic) bond motifs is 1. The van der Waals surface area contributed by atoms with E-state index >= 15 is 0 Å². The van der Waals surface area contributed by atoms with Crippen molar-refractivity contribution in [2.45, 2.75) is 52.2 Å². The number of ether oxygens (including phenoxy) is 1. The van der Waals surface area contributed by atoms with E-state index < -0.39 is 11.0 Å². The molecule has 2 rings (SSSR count). The van der Waals surface area contributed by atoms with Gasteiger partial charge in [-0.1, -0.05) is 45.0 Å². The highest BCUT2D eigenvalue weighted by molar-refractivity contribution is 5.66. The Kier molecular flexibility index (Phi) is 3.43. The number of carbonyl (C=O) groups is 1. The van der Waals surface area contributed by atoms with Crippen molar-refractivity contribution in [3.63, 3.8) is 0 Å². The van der Waals surface area contributed by atoms with Gasteiger partial charge in [-0.05, 0) is 17.5 Å². The standard InChI is InChI=1S/C16H22O3/c1-5-14(19-11(2)17)15(3,4)16(18)10-12-8-6-7-9-13(12)16/h6-9,14,18H,5,10H2,1-4H3/t14-,16+/m1/s1. The predicted octanol–water partition coefficient (Wildman–Crippen LogP) is 2.80. The molecule has 0 aromatic heterocycles. The number of benzene rings is 1. The number of hydrogen-bond acceptors (Lipinski definition) is 3. The smallest absolute Gasteiger partial charge is 0.302 e. The molecule has 1 N–H and O–H groups in total. The topological polar surface area (TPSA) is 46.5 Å². The summed E-state index contributed by atoms with van der Waals surface area (Å²) in [4.78, 5) is 11.2. The molecule has 0 unspecified atom stereocenters. The Bertz CT molecular complexity index is 493. The summed E-state index contributed by atoms with van der Waals surface area (Å²) in [6, 6.07) is 7.91. The van der Waals surface area contributed by atoms with Gasteiger partial charge < -0.3 is 9.84 Å². The zero-order valence-corrected chi connectivity index (χ0v) is 12.1. The van der Waals surface area contributed by atoms with Crippen LogP contribution >= 0.6 is 0 Å². The molecule has 1 aliphatic rings.